The largest absolute Gasteiger partial charge is 0.376 e. The van der Waals surface area contributed by atoms with Crippen LogP contribution in [0.15, 0.2) is 84.9 Å². The molecule has 3 aromatic rings. The lowest BCUT2D eigenvalue weighted by Crippen LogP contribution is -2.31. The van der Waals surface area contributed by atoms with E-state index in [0.29, 0.717) is 12.1 Å². The Morgan fingerprint density at radius 1 is 0.900 bits per heavy atom. The smallest absolute Gasteiger partial charge is 0.251 e. The van der Waals surface area contributed by atoms with E-state index in [2.05, 4.69) is 10.6 Å². The van der Waals surface area contributed by atoms with Crippen molar-refractivity contribution in [2.24, 2.45) is 0 Å². The van der Waals surface area contributed by atoms with Crippen LogP contribution in [0.25, 0.3) is 0 Å². The van der Waals surface area contributed by atoms with Crippen LogP contribution in [-0.2, 0) is 11.3 Å². The topological polar surface area (TPSA) is 61.4 Å². The summed E-state index contributed by atoms with van der Waals surface area (Å²) >= 11 is 0. The summed E-state index contributed by atoms with van der Waals surface area (Å²) in [4.78, 5) is 26.7. The second-order valence-electron chi connectivity index (χ2n) is 7.28. The minimum absolute atomic E-state index is 0.0218. The van der Waals surface area contributed by atoms with Gasteiger partial charge in [0, 0.05) is 24.8 Å². The Morgan fingerprint density at radius 2 is 1.57 bits per heavy atom. The average molecular weight is 402 g/mol. The van der Waals surface area contributed by atoms with Crippen molar-refractivity contribution < 1.29 is 9.59 Å². The van der Waals surface area contributed by atoms with Crippen LogP contribution in [0.2, 0.25) is 0 Å². The van der Waals surface area contributed by atoms with Crippen LogP contribution < -0.4 is 10.6 Å². The van der Waals surface area contributed by atoms with Gasteiger partial charge in [0.15, 0.2) is 0 Å². The van der Waals surface area contributed by atoms with E-state index in [1.54, 1.807) is 24.1 Å². The van der Waals surface area contributed by atoms with E-state index in [1.165, 1.54) is 0 Å². The third-order valence-corrected chi connectivity index (χ3v) is 4.90. The third-order valence-electron chi connectivity index (χ3n) is 4.90. The number of carbonyl (C=O) groups excluding carboxylic acids is 2. The highest BCUT2D eigenvalue weighted by molar-refractivity contribution is 5.95. The molecule has 0 spiro atoms. The van der Waals surface area contributed by atoms with Crippen molar-refractivity contribution in [2.75, 3.05) is 18.9 Å². The Balaban J connectivity index is 1.54. The lowest BCUT2D eigenvalue weighted by Gasteiger charge is -2.18. The molecule has 0 saturated heterocycles. The fourth-order valence-electron chi connectivity index (χ4n) is 3.13. The molecular formula is C25H27N3O2. The SMILES string of the molecule is CC(NC(=O)c1cccc(NCC(=O)N(C)Cc2ccccc2)c1)c1ccccc1. The van der Waals surface area contributed by atoms with Gasteiger partial charge in [-0.2, -0.15) is 0 Å². The molecule has 2 N–H and O–H groups in total. The van der Waals surface area contributed by atoms with Crippen LogP contribution >= 0.6 is 0 Å². The number of anilines is 1. The molecule has 0 fully saturated rings. The summed E-state index contributed by atoms with van der Waals surface area (Å²) in [6.45, 7) is 2.67. The zero-order valence-corrected chi connectivity index (χ0v) is 17.3. The molecule has 3 aromatic carbocycles. The monoisotopic (exact) mass is 401 g/mol. The number of hydrogen-bond donors (Lipinski definition) is 2. The van der Waals surface area contributed by atoms with Crippen molar-refractivity contribution in [1.29, 1.82) is 0 Å². The average Bonchev–Trinajstić information content (AvgIpc) is 2.78. The Bertz CT molecular complexity index is 974. The summed E-state index contributed by atoms with van der Waals surface area (Å²) in [5, 5.41) is 6.13. The lowest BCUT2D eigenvalue weighted by atomic mass is 10.1. The first-order chi connectivity index (χ1) is 14.5. The van der Waals surface area contributed by atoms with Crippen LogP contribution in [0.4, 0.5) is 5.69 Å². The lowest BCUT2D eigenvalue weighted by molar-refractivity contribution is -0.128. The molecular weight excluding hydrogens is 374 g/mol. The third kappa shape index (κ3) is 5.95. The van der Waals surface area contributed by atoms with Crippen LogP contribution in [0.1, 0.15) is 34.5 Å². The molecule has 0 aliphatic heterocycles. The van der Waals surface area contributed by atoms with Crippen molar-refractivity contribution in [3.05, 3.63) is 102 Å². The molecule has 0 aliphatic rings. The second kappa shape index (κ2) is 10.3. The Morgan fingerprint density at radius 3 is 2.27 bits per heavy atom. The summed E-state index contributed by atoms with van der Waals surface area (Å²) in [5.41, 5.74) is 3.41. The van der Waals surface area contributed by atoms with Gasteiger partial charge in [0.1, 0.15) is 0 Å². The standard InChI is InChI=1S/C25H27N3O2/c1-19(21-12-7-4-8-13-21)27-25(30)22-14-9-15-23(16-22)26-17-24(29)28(2)18-20-10-5-3-6-11-20/h3-16,19,26H,17-18H2,1-2H3,(H,27,30). The summed E-state index contributed by atoms with van der Waals surface area (Å²) in [7, 11) is 1.78. The molecule has 0 heterocycles. The number of amides is 2. The van der Waals surface area contributed by atoms with Gasteiger partial charge in [0.25, 0.3) is 5.91 Å². The van der Waals surface area contributed by atoms with E-state index in [4.69, 9.17) is 0 Å². The van der Waals surface area contributed by atoms with Crippen LogP contribution in [0.5, 0.6) is 0 Å². The van der Waals surface area contributed by atoms with Crippen molar-refractivity contribution in [3.8, 4) is 0 Å². The van der Waals surface area contributed by atoms with E-state index in [1.807, 2.05) is 79.7 Å². The van der Waals surface area contributed by atoms with Gasteiger partial charge >= 0.3 is 0 Å². The normalized spacial score (nSPS) is 11.4. The summed E-state index contributed by atoms with van der Waals surface area (Å²) in [6, 6.07) is 26.8. The Labute approximate surface area is 177 Å². The zero-order chi connectivity index (χ0) is 21.3. The van der Waals surface area contributed by atoms with Gasteiger partial charge < -0.3 is 15.5 Å². The van der Waals surface area contributed by atoms with Crippen LogP contribution in [0.3, 0.4) is 0 Å². The van der Waals surface area contributed by atoms with E-state index >= 15 is 0 Å². The van der Waals surface area contributed by atoms with Gasteiger partial charge in [0.2, 0.25) is 5.91 Å². The zero-order valence-electron chi connectivity index (χ0n) is 17.3. The first-order valence-electron chi connectivity index (χ1n) is 10.0. The number of benzene rings is 3. The van der Waals surface area contributed by atoms with Crippen molar-refractivity contribution in [2.45, 2.75) is 19.5 Å². The number of nitrogens with one attached hydrogen (secondary N) is 2. The van der Waals surface area contributed by atoms with Gasteiger partial charge in [0.05, 0.1) is 12.6 Å². The first kappa shape index (κ1) is 21.1. The Kier molecular flexibility index (Phi) is 7.22. The highest BCUT2D eigenvalue weighted by Crippen LogP contribution is 2.15. The molecule has 1 unspecified atom stereocenters. The number of nitrogens with zero attached hydrogens (tertiary/aromatic N) is 1. The van der Waals surface area contributed by atoms with Gasteiger partial charge in [-0.1, -0.05) is 66.7 Å². The van der Waals surface area contributed by atoms with Gasteiger partial charge in [-0.25, -0.2) is 0 Å². The van der Waals surface area contributed by atoms with Gasteiger partial charge in [-0.3, -0.25) is 9.59 Å². The fourth-order valence-corrected chi connectivity index (χ4v) is 3.13. The quantitative estimate of drug-likeness (QED) is 0.593. The molecule has 30 heavy (non-hydrogen) atoms. The highest BCUT2D eigenvalue weighted by atomic mass is 16.2. The van der Waals surface area contributed by atoms with Gasteiger partial charge in [-0.15, -0.1) is 0 Å². The summed E-state index contributed by atoms with van der Waals surface area (Å²) < 4.78 is 0. The maximum Gasteiger partial charge on any atom is 0.251 e. The molecule has 0 aliphatic carbocycles. The van der Waals surface area contributed by atoms with E-state index in [0.717, 1.165) is 16.8 Å². The number of rotatable bonds is 8. The molecule has 1 atom stereocenters. The number of hydrogen-bond acceptors (Lipinski definition) is 3. The van der Waals surface area contributed by atoms with Crippen molar-refractivity contribution >= 4 is 17.5 Å². The molecule has 5 nitrogen and oxygen atoms in total. The molecule has 0 bridgehead atoms. The molecule has 0 radical (unpaired) electrons. The van der Waals surface area contributed by atoms with Crippen molar-refractivity contribution in [1.82, 2.24) is 10.2 Å². The molecule has 0 aromatic heterocycles. The first-order valence-corrected chi connectivity index (χ1v) is 10.0. The minimum Gasteiger partial charge on any atom is -0.376 e. The minimum atomic E-state index is -0.150. The van der Waals surface area contributed by atoms with Crippen LogP contribution in [0, 0.1) is 0 Å². The molecule has 2 amide bonds. The maximum atomic E-state index is 12.6. The fraction of sp³-hybridized carbons (Fsp3) is 0.200. The predicted octanol–water partition coefficient (Wildman–Crippen LogP) is 4.25. The predicted molar refractivity (Wildman–Crippen MR) is 120 cm³/mol. The molecule has 0 saturated carbocycles. The second-order valence-corrected chi connectivity index (χ2v) is 7.28. The molecule has 3 rings (SSSR count). The summed E-state index contributed by atoms with van der Waals surface area (Å²) in [5.74, 6) is -0.172. The Hall–Kier alpha value is -3.60. The van der Waals surface area contributed by atoms with Crippen LogP contribution in [-0.4, -0.2) is 30.3 Å². The van der Waals surface area contributed by atoms with E-state index in [9.17, 15) is 9.59 Å². The number of likely N-dealkylation sites (N-methyl/N-ethyl adjacent to an activating group) is 1. The van der Waals surface area contributed by atoms with Crippen molar-refractivity contribution in [3.63, 3.8) is 0 Å². The number of carbonyl (C=O) groups is 2. The maximum absolute atomic E-state index is 12.6. The van der Waals surface area contributed by atoms with Gasteiger partial charge in [-0.05, 0) is 36.2 Å². The molecule has 5 heteroatoms. The molecule has 154 valence electrons. The highest BCUT2D eigenvalue weighted by Gasteiger charge is 2.13. The van der Waals surface area contributed by atoms with E-state index in [-0.39, 0.29) is 24.4 Å². The summed E-state index contributed by atoms with van der Waals surface area (Å²) in [6.07, 6.45) is 0. The van der Waals surface area contributed by atoms with E-state index < -0.39 is 0 Å².